The van der Waals surface area contributed by atoms with Gasteiger partial charge in [0, 0.05) is 24.3 Å². The monoisotopic (exact) mass is 394 g/mol. The predicted molar refractivity (Wildman–Crippen MR) is 96.9 cm³/mol. The first-order valence-corrected chi connectivity index (χ1v) is 9.68. The molecule has 0 saturated carbocycles. The molecule has 7 nitrogen and oxygen atoms in total. The van der Waals surface area contributed by atoms with Gasteiger partial charge in [-0.2, -0.15) is 4.31 Å². The van der Waals surface area contributed by atoms with Gasteiger partial charge in [-0.25, -0.2) is 12.8 Å². The number of anilines is 1. The minimum Gasteiger partial charge on any atom is -0.497 e. The Labute approximate surface area is 156 Å². The first kappa shape index (κ1) is 19.3. The number of nitrogens with one attached hydrogen (secondary N) is 1. The Morgan fingerprint density at radius 1 is 1.15 bits per heavy atom. The second-order valence-electron chi connectivity index (χ2n) is 5.84. The number of hydrogen-bond acceptors (Lipinski definition) is 5. The Kier molecular flexibility index (Phi) is 5.73. The molecule has 3 rings (SSSR count). The summed E-state index contributed by atoms with van der Waals surface area (Å²) in [5.74, 6) is -0.713. The zero-order chi connectivity index (χ0) is 19.4. The van der Waals surface area contributed by atoms with Crippen LogP contribution in [0.15, 0.2) is 47.4 Å². The van der Waals surface area contributed by atoms with E-state index < -0.39 is 26.6 Å². The van der Waals surface area contributed by atoms with Gasteiger partial charge >= 0.3 is 0 Å². The number of amides is 1. The van der Waals surface area contributed by atoms with Crippen LogP contribution in [0, 0.1) is 5.82 Å². The maximum absolute atomic E-state index is 14.2. The maximum atomic E-state index is 14.2. The molecule has 0 unspecified atom stereocenters. The van der Waals surface area contributed by atoms with E-state index in [9.17, 15) is 17.6 Å². The Bertz CT molecular complexity index is 925. The lowest BCUT2D eigenvalue weighted by Crippen LogP contribution is -2.40. The van der Waals surface area contributed by atoms with Crippen LogP contribution in [0.3, 0.4) is 0 Å². The number of rotatable bonds is 5. The molecule has 2 aromatic carbocycles. The summed E-state index contributed by atoms with van der Waals surface area (Å²) in [6.07, 6.45) is 0. The van der Waals surface area contributed by atoms with Crippen molar-refractivity contribution < 1.29 is 27.1 Å². The van der Waals surface area contributed by atoms with Crippen molar-refractivity contribution in [2.24, 2.45) is 0 Å². The molecule has 1 heterocycles. The van der Waals surface area contributed by atoms with Crippen LogP contribution in [0.5, 0.6) is 5.75 Å². The summed E-state index contributed by atoms with van der Waals surface area (Å²) in [4.78, 5) is 11.9. The van der Waals surface area contributed by atoms with Crippen molar-refractivity contribution in [2.45, 2.75) is 4.90 Å². The fraction of sp³-hybridized carbons (Fsp3) is 0.278. The largest absolute Gasteiger partial charge is 0.497 e. The number of nitrogens with zero attached hydrogens (tertiary/aromatic N) is 1. The Hall–Kier alpha value is -2.49. The lowest BCUT2D eigenvalue weighted by Gasteiger charge is -2.26. The topological polar surface area (TPSA) is 84.9 Å². The smallest absolute Gasteiger partial charge is 0.255 e. The summed E-state index contributed by atoms with van der Waals surface area (Å²) in [6.45, 7) is 0.831. The molecule has 0 atom stereocenters. The second-order valence-corrected chi connectivity index (χ2v) is 7.75. The highest BCUT2D eigenvalue weighted by molar-refractivity contribution is 7.89. The Morgan fingerprint density at radius 3 is 2.44 bits per heavy atom. The van der Waals surface area contributed by atoms with Crippen molar-refractivity contribution in [2.75, 3.05) is 38.7 Å². The number of morpholine rings is 1. The van der Waals surface area contributed by atoms with Crippen molar-refractivity contribution >= 4 is 21.6 Å². The average Bonchev–Trinajstić information content (AvgIpc) is 2.70. The average molecular weight is 394 g/mol. The van der Waals surface area contributed by atoms with Gasteiger partial charge in [0.2, 0.25) is 10.0 Å². The summed E-state index contributed by atoms with van der Waals surface area (Å²) in [5.41, 5.74) is 0.543. The van der Waals surface area contributed by atoms with Crippen molar-refractivity contribution in [1.29, 1.82) is 0 Å². The van der Waals surface area contributed by atoms with Crippen LogP contribution in [-0.2, 0) is 14.8 Å². The quantitative estimate of drug-likeness (QED) is 0.840. The van der Waals surface area contributed by atoms with Gasteiger partial charge in [-0.05, 0) is 42.5 Å². The molecule has 2 aromatic rings. The van der Waals surface area contributed by atoms with Gasteiger partial charge in [-0.15, -0.1) is 0 Å². The van der Waals surface area contributed by atoms with Gasteiger partial charge in [0.1, 0.15) is 16.5 Å². The fourth-order valence-electron chi connectivity index (χ4n) is 2.65. The SMILES string of the molecule is COc1ccc(C(=O)Nc2ccc(F)c(S(=O)(=O)N3CCOCC3)c2)cc1. The molecule has 1 amide bonds. The lowest BCUT2D eigenvalue weighted by atomic mass is 10.2. The van der Waals surface area contributed by atoms with Crippen molar-refractivity contribution in [3.63, 3.8) is 0 Å². The highest BCUT2D eigenvalue weighted by Crippen LogP contribution is 2.24. The van der Waals surface area contributed by atoms with Gasteiger partial charge < -0.3 is 14.8 Å². The fourth-order valence-corrected chi connectivity index (χ4v) is 4.15. The zero-order valence-corrected chi connectivity index (χ0v) is 15.5. The molecule has 0 aromatic heterocycles. The predicted octanol–water partition coefficient (Wildman–Crippen LogP) is 2.11. The third-order valence-electron chi connectivity index (χ3n) is 4.13. The van der Waals surface area contributed by atoms with E-state index in [1.165, 1.54) is 17.5 Å². The summed E-state index contributed by atoms with van der Waals surface area (Å²) in [5, 5.41) is 2.58. The summed E-state index contributed by atoms with van der Waals surface area (Å²) in [7, 11) is -2.50. The zero-order valence-electron chi connectivity index (χ0n) is 14.6. The van der Waals surface area contributed by atoms with Crippen LogP contribution in [0.25, 0.3) is 0 Å². The Morgan fingerprint density at radius 2 is 1.81 bits per heavy atom. The van der Waals surface area contributed by atoms with E-state index in [0.29, 0.717) is 11.3 Å². The van der Waals surface area contributed by atoms with Gasteiger partial charge in [0.15, 0.2) is 0 Å². The molecule has 144 valence electrons. The van der Waals surface area contributed by atoms with Gasteiger partial charge in [-0.1, -0.05) is 0 Å². The van der Waals surface area contributed by atoms with Crippen molar-refractivity contribution in [3.8, 4) is 5.75 Å². The number of carbonyl (C=O) groups is 1. The van der Waals surface area contributed by atoms with Gasteiger partial charge in [0.25, 0.3) is 5.91 Å². The van der Waals surface area contributed by atoms with E-state index in [2.05, 4.69) is 5.32 Å². The molecule has 9 heteroatoms. The lowest BCUT2D eigenvalue weighted by molar-refractivity contribution is 0.0729. The van der Waals surface area contributed by atoms with Crippen LogP contribution in [-0.4, -0.2) is 52.0 Å². The molecule has 1 N–H and O–H groups in total. The molecular weight excluding hydrogens is 375 g/mol. The third kappa shape index (κ3) is 4.26. The molecule has 27 heavy (non-hydrogen) atoms. The van der Waals surface area contributed by atoms with Gasteiger partial charge in [-0.3, -0.25) is 4.79 Å². The number of benzene rings is 2. The first-order valence-electron chi connectivity index (χ1n) is 8.24. The van der Waals surface area contributed by atoms with Crippen LogP contribution in [0.1, 0.15) is 10.4 Å². The molecular formula is C18H19FN2O5S. The van der Waals surface area contributed by atoms with Crippen molar-refractivity contribution in [1.82, 2.24) is 4.31 Å². The number of carbonyl (C=O) groups excluding carboxylic acids is 1. The molecule has 0 bridgehead atoms. The highest BCUT2D eigenvalue weighted by Gasteiger charge is 2.29. The van der Waals surface area contributed by atoms with E-state index in [1.54, 1.807) is 24.3 Å². The minimum absolute atomic E-state index is 0.157. The van der Waals surface area contributed by atoms with Crippen LogP contribution < -0.4 is 10.1 Å². The number of halogens is 1. The third-order valence-corrected chi connectivity index (χ3v) is 6.04. The minimum atomic E-state index is -4.01. The van der Waals surface area contributed by atoms with Crippen LogP contribution >= 0.6 is 0 Å². The molecule has 1 fully saturated rings. The standard InChI is InChI=1S/C18H19FN2O5S/c1-25-15-5-2-13(3-6-15)18(22)20-14-4-7-16(19)17(12-14)27(23,24)21-8-10-26-11-9-21/h2-7,12H,8-11H2,1H3,(H,20,22). The maximum Gasteiger partial charge on any atom is 0.255 e. The molecule has 0 aliphatic carbocycles. The summed E-state index contributed by atoms with van der Waals surface area (Å²) in [6, 6.07) is 9.88. The second kappa shape index (κ2) is 8.03. The van der Waals surface area contributed by atoms with Crippen LogP contribution in [0.2, 0.25) is 0 Å². The number of sulfonamides is 1. The normalized spacial score (nSPS) is 15.3. The highest BCUT2D eigenvalue weighted by atomic mass is 32.2. The molecule has 1 aliphatic heterocycles. The van der Waals surface area contributed by atoms with Gasteiger partial charge in [0.05, 0.1) is 20.3 Å². The molecule has 0 radical (unpaired) electrons. The van der Waals surface area contributed by atoms with E-state index >= 15 is 0 Å². The molecule has 1 saturated heterocycles. The van der Waals surface area contributed by atoms with Crippen molar-refractivity contribution in [3.05, 3.63) is 53.8 Å². The van der Waals surface area contributed by atoms with Crippen LogP contribution in [0.4, 0.5) is 10.1 Å². The number of hydrogen-bond donors (Lipinski definition) is 1. The van der Waals surface area contributed by atoms with E-state index in [4.69, 9.17) is 9.47 Å². The van der Waals surface area contributed by atoms with E-state index in [1.807, 2.05) is 0 Å². The summed E-state index contributed by atoms with van der Waals surface area (Å²) >= 11 is 0. The molecule has 0 spiro atoms. The van der Waals surface area contributed by atoms with E-state index in [-0.39, 0.29) is 32.0 Å². The van der Waals surface area contributed by atoms with E-state index in [0.717, 1.165) is 12.1 Å². The molecule has 1 aliphatic rings. The Balaban J connectivity index is 1.83. The number of methoxy groups -OCH3 is 1. The summed E-state index contributed by atoms with van der Waals surface area (Å²) < 4.78 is 50.9. The number of ether oxygens (including phenoxy) is 2. The first-order chi connectivity index (χ1) is 12.9.